The van der Waals surface area contributed by atoms with Gasteiger partial charge in [0.15, 0.2) is 15.7 Å². The van der Waals surface area contributed by atoms with Crippen LogP contribution in [0.1, 0.15) is 44.3 Å². The fourth-order valence-electron chi connectivity index (χ4n) is 2.49. The molecule has 0 saturated heterocycles. The summed E-state index contributed by atoms with van der Waals surface area (Å²) in [6.07, 6.45) is 6.14. The van der Waals surface area contributed by atoms with E-state index >= 15 is 0 Å². The fraction of sp³-hybridized carbons (Fsp3) is 0.833. The highest BCUT2D eigenvalue weighted by molar-refractivity contribution is 7.89. The standard InChI is InChI=1S/C12H21N3O3S/c1-9-5-3-4-6-10(9)13-7-12-14-11(15-18-12)8-19(2,16)17/h9-10,13H,3-8H2,1-2H3/t9-,10+/m0/s1. The first-order chi connectivity index (χ1) is 8.94. The van der Waals surface area contributed by atoms with Crippen molar-refractivity contribution < 1.29 is 12.9 Å². The zero-order valence-electron chi connectivity index (χ0n) is 11.4. The van der Waals surface area contributed by atoms with Gasteiger partial charge in [-0.05, 0) is 18.8 Å². The molecular formula is C12H21N3O3S. The Morgan fingerprint density at radius 3 is 2.79 bits per heavy atom. The van der Waals surface area contributed by atoms with E-state index in [1.165, 1.54) is 25.7 Å². The molecule has 0 amide bonds. The summed E-state index contributed by atoms with van der Waals surface area (Å²) in [6, 6.07) is 0.485. The normalized spacial score (nSPS) is 24.5. The summed E-state index contributed by atoms with van der Waals surface area (Å²) in [5.74, 6) is 1.18. The van der Waals surface area contributed by atoms with E-state index in [0.717, 1.165) is 6.26 Å². The van der Waals surface area contributed by atoms with Gasteiger partial charge in [-0.3, -0.25) is 0 Å². The Kier molecular flexibility index (Phi) is 4.57. The third-order valence-corrected chi connectivity index (χ3v) is 4.31. The molecule has 6 nitrogen and oxygen atoms in total. The minimum absolute atomic E-state index is 0.170. The molecule has 1 N–H and O–H groups in total. The van der Waals surface area contributed by atoms with Crippen LogP contribution in [0.4, 0.5) is 0 Å². The van der Waals surface area contributed by atoms with Crippen molar-refractivity contribution in [1.29, 1.82) is 0 Å². The molecule has 19 heavy (non-hydrogen) atoms. The van der Waals surface area contributed by atoms with Gasteiger partial charge in [0.25, 0.3) is 0 Å². The number of sulfone groups is 1. The van der Waals surface area contributed by atoms with Crippen LogP contribution >= 0.6 is 0 Å². The Balaban J connectivity index is 1.86. The van der Waals surface area contributed by atoms with Crippen LogP contribution in [0.25, 0.3) is 0 Å². The first-order valence-electron chi connectivity index (χ1n) is 6.66. The molecule has 1 aromatic heterocycles. The summed E-state index contributed by atoms with van der Waals surface area (Å²) in [4.78, 5) is 4.09. The largest absolute Gasteiger partial charge is 0.338 e. The maximum absolute atomic E-state index is 11.1. The quantitative estimate of drug-likeness (QED) is 0.878. The van der Waals surface area contributed by atoms with Gasteiger partial charge in [-0.2, -0.15) is 4.98 Å². The van der Waals surface area contributed by atoms with Crippen molar-refractivity contribution in [3.63, 3.8) is 0 Å². The first kappa shape index (κ1) is 14.5. The topological polar surface area (TPSA) is 85.1 Å². The third-order valence-electron chi connectivity index (χ3n) is 3.53. The number of nitrogens with one attached hydrogen (secondary N) is 1. The van der Waals surface area contributed by atoms with Crippen LogP contribution in [0.2, 0.25) is 0 Å². The number of aromatic nitrogens is 2. The van der Waals surface area contributed by atoms with E-state index in [2.05, 4.69) is 22.4 Å². The predicted molar refractivity (Wildman–Crippen MR) is 71.1 cm³/mol. The van der Waals surface area contributed by atoms with Crippen LogP contribution in [0.5, 0.6) is 0 Å². The molecule has 1 saturated carbocycles. The summed E-state index contributed by atoms with van der Waals surface area (Å²) >= 11 is 0. The molecule has 1 aliphatic carbocycles. The fourth-order valence-corrected chi connectivity index (χ4v) is 3.08. The van der Waals surface area contributed by atoms with E-state index in [-0.39, 0.29) is 11.6 Å². The lowest BCUT2D eigenvalue weighted by molar-refractivity contribution is 0.265. The molecule has 1 aromatic rings. The molecule has 2 rings (SSSR count). The Hall–Kier alpha value is -0.950. The van der Waals surface area contributed by atoms with Crippen LogP contribution in [0.15, 0.2) is 4.52 Å². The van der Waals surface area contributed by atoms with E-state index in [1.807, 2.05) is 0 Å². The highest BCUT2D eigenvalue weighted by atomic mass is 32.2. The molecule has 0 spiro atoms. The summed E-state index contributed by atoms with van der Waals surface area (Å²) in [5, 5.41) is 7.10. The van der Waals surface area contributed by atoms with Gasteiger partial charge in [-0.15, -0.1) is 0 Å². The Labute approximate surface area is 113 Å². The smallest absolute Gasteiger partial charge is 0.240 e. The molecule has 0 aliphatic heterocycles. The second-order valence-electron chi connectivity index (χ2n) is 5.42. The van der Waals surface area contributed by atoms with Gasteiger partial charge < -0.3 is 9.84 Å². The maximum Gasteiger partial charge on any atom is 0.240 e. The van der Waals surface area contributed by atoms with Crippen molar-refractivity contribution in [2.45, 2.75) is 50.9 Å². The van der Waals surface area contributed by atoms with Crippen LogP contribution in [-0.4, -0.2) is 30.9 Å². The minimum atomic E-state index is -3.11. The predicted octanol–water partition coefficient (Wildman–Crippen LogP) is 1.28. The molecule has 1 fully saturated rings. The molecule has 7 heteroatoms. The SMILES string of the molecule is C[C@H]1CCCC[C@H]1NCc1nc(CS(C)(=O)=O)no1. The van der Waals surface area contributed by atoms with Crippen molar-refractivity contribution in [3.8, 4) is 0 Å². The highest BCUT2D eigenvalue weighted by Gasteiger charge is 2.21. The zero-order valence-corrected chi connectivity index (χ0v) is 12.2. The average molecular weight is 287 g/mol. The van der Waals surface area contributed by atoms with E-state index in [4.69, 9.17) is 4.52 Å². The average Bonchev–Trinajstić information content (AvgIpc) is 2.73. The Bertz CT molecular complexity index is 512. The first-order valence-corrected chi connectivity index (χ1v) is 8.72. The van der Waals surface area contributed by atoms with E-state index < -0.39 is 9.84 Å². The molecule has 2 atom stereocenters. The van der Waals surface area contributed by atoms with E-state index in [0.29, 0.717) is 24.4 Å². The maximum atomic E-state index is 11.1. The van der Waals surface area contributed by atoms with Gasteiger partial charge in [0.2, 0.25) is 5.89 Å². The van der Waals surface area contributed by atoms with Crippen molar-refractivity contribution in [2.24, 2.45) is 5.92 Å². The van der Waals surface area contributed by atoms with Crippen LogP contribution < -0.4 is 5.32 Å². The Morgan fingerprint density at radius 2 is 2.11 bits per heavy atom. The lowest BCUT2D eigenvalue weighted by atomic mass is 9.86. The molecule has 108 valence electrons. The third kappa shape index (κ3) is 4.58. The molecule has 1 heterocycles. The second kappa shape index (κ2) is 6.00. The number of rotatable bonds is 5. The summed E-state index contributed by atoms with van der Waals surface area (Å²) < 4.78 is 27.3. The van der Waals surface area contributed by atoms with Crippen molar-refractivity contribution in [1.82, 2.24) is 15.5 Å². The number of hydrogen-bond donors (Lipinski definition) is 1. The van der Waals surface area contributed by atoms with Crippen molar-refractivity contribution in [3.05, 3.63) is 11.7 Å². The zero-order chi connectivity index (χ0) is 13.9. The number of hydrogen-bond acceptors (Lipinski definition) is 6. The Morgan fingerprint density at radius 1 is 1.37 bits per heavy atom. The minimum Gasteiger partial charge on any atom is -0.338 e. The van der Waals surface area contributed by atoms with Gasteiger partial charge in [0.05, 0.1) is 6.54 Å². The van der Waals surface area contributed by atoms with Gasteiger partial charge in [-0.25, -0.2) is 8.42 Å². The molecule has 0 aromatic carbocycles. The van der Waals surface area contributed by atoms with Crippen LogP contribution in [-0.2, 0) is 22.1 Å². The van der Waals surface area contributed by atoms with Gasteiger partial charge in [-0.1, -0.05) is 24.9 Å². The highest BCUT2D eigenvalue weighted by Crippen LogP contribution is 2.23. The van der Waals surface area contributed by atoms with Crippen LogP contribution in [0, 0.1) is 5.92 Å². The van der Waals surface area contributed by atoms with Gasteiger partial charge in [0, 0.05) is 12.3 Å². The summed E-state index contributed by atoms with van der Waals surface area (Å²) in [6.45, 7) is 2.76. The van der Waals surface area contributed by atoms with Gasteiger partial charge >= 0.3 is 0 Å². The molecule has 0 radical (unpaired) electrons. The lowest BCUT2D eigenvalue weighted by Gasteiger charge is -2.29. The van der Waals surface area contributed by atoms with Crippen molar-refractivity contribution >= 4 is 9.84 Å². The molecule has 0 bridgehead atoms. The molecule has 1 aliphatic rings. The van der Waals surface area contributed by atoms with E-state index in [1.54, 1.807) is 0 Å². The monoisotopic (exact) mass is 287 g/mol. The lowest BCUT2D eigenvalue weighted by Crippen LogP contribution is -2.36. The van der Waals surface area contributed by atoms with E-state index in [9.17, 15) is 8.42 Å². The summed E-state index contributed by atoms with van der Waals surface area (Å²) in [5.41, 5.74) is 0. The molecular weight excluding hydrogens is 266 g/mol. The molecule has 0 unspecified atom stereocenters. The van der Waals surface area contributed by atoms with Crippen molar-refractivity contribution in [2.75, 3.05) is 6.26 Å². The second-order valence-corrected chi connectivity index (χ2v) is 7.56. The van der Waals surface area contributed by atoms with Crippen LogP contribution in [0.3, 0.4) is 0 Å². The van der Waals surface area contributed by atoms with Gasteiger partial charge in [0.1, 0.15) is 5.75 Å². The summed E-state index contributed by atoms with van der Waals surface area (Å²) in [7, 11) is -3.11. The number of nitrogens with zero attached hydrogens (tertiary/aromatic N) is 2.